The summed E-state index contributed by atoms with van der Waals surface area (Å²) in [7, 11) is 1.65. The lowest BCUT2D eigenvalue weighted by atomic mass is 10.1. The molecule has 2 aromatic rings. The van der Waals surface area contributed by atoms with Gasteiger partial charge in [0.15, 0.2) is 11.6 Å². The fourth-order valence-corrected chi connectivity index (χ4v) is 3.78. The van der Waals surface area contributed by atoms with Crippen molar-refractivity contribution in [2.45, 2.75) is 25.5 Å². The Balaban J connectivity index is 1.60. The molecule has 2 fully saturated rings. The van der Waals surface area contributed by atoms with E-state index in [-0.39, 0.29) is 0 Å². The smallest absolute Gasteiger partial charge is 0.229 e. The molecule has 9 nitrogen and oxygen atoms in total. The normalized spacial score (nSPS) is 21.7. The minimum Gasteiger partial charge on any atom is -0.497 e. The molecule has 0 bridgehead atoms. The van der Waals surface area contributed by atoms with Crippen LogP contribution >= 0.6 is 0 Å². The van der Waals surface area contributed by atoms with Crippen molar-refractivity contribution in [3.05, 3.63) is 29.8 Å². The zero-order valence-electron chi connectivity index (χ0n) is 17.6. The molecule has 9 heteroatoms. The highest BCUT2D eigenvalue weighted by atomic mass is 16.5. The lowest BCUT2D eigenvalue weighted by Crippen LogP contribution is -2.38. The Hall–Kier alpha value is -2.78. The predicted octanol–water partition coefficient (Wildman–Crippen LogP) is 1.48. The van der Waals surface area contributed by atoms with Crippen LogP contribution in [-0.4, -0.2) is 67.2 Å². The number of nitrogens with zero attached hydrogens (tertiary/aromatic N) is 4. The second kappa shape index (κ2) is 8.53. The number of hydrogen-bond acceptors (Lipinski definition) is 9. The SMILES string of the molecule is COc1ccc(CNc2nc(N3CCOCC3)nc(N3CCC(C)(O)C3)c2N)cc1. The van der Waals surface area contributed by atoms with Crippen LogP contribution in [0.25, 0.3) is 0 Å². The van der Waals surface area contributed by atoms with Crippen LogP contribution in [0.3, 0.4) is 0 Å². The van der Waals surface area contributed by atoms with Gasteiger partial charge in [-0.2, -0.15) is 9.97 Å². The van der Waals surface area contributed by atoms with Crippen LogP contribution in [0.2, 0.25) is 0 Å². The Kier molecular flexibility index (Phi) is 5.83. The van der Waals surface area contributed by atoms with Crippen molar-refractivity contribution < 1.29 is 14.6 Å². The molecule has 2 aliphatic rings. The number of nitrogens with two attached hydrogens (primary N) is 1. The van der Waals surface area contributed by atoms with Crippen LogP contribution < -0.4 is 25.6 Å². The van der Waals surface area contributed by atoms with E-state index in [2.05, 4.69) is 10.2 Å². The quantitative estimate of drug-likeness (QED) is 0.647. The molecule has 1 aromatic carbocycles. The number of rotatable bonds is 6. The number of morpholine rings is 1. The highest BCUT2D eigenvalue weighted by Gasteiger charge is 2.34. The fourth-order valence-electron chi connectivity index (χ4n) is 3.78. The van der Waals surface area contributed by atoms with Gasteiger partial charge in [0, 0.05) is 32.7 Å². The zero-order chi connectivity index (χ0) is 21.1. The van der Waals surface area contributed by atoms with E-state index in [0.717, 1.165) is 24.4 Å². The first-order chi connectivity index (χ1) is 14.4. The lowest BCUT2D eigenvalue weighted by Gasteiger charge is -2.29. The summed E-state index contributed by atoms with van der Waals surface area (Å²) in [5.41, 5.74) is 7.33. The summed E-state index contributed by atoms with van der Waals surface area (Å²) in [6.45, 7) is 6.38. The molecule has 4 N–H and O–H groups in total. The van der Waals surface area contributed by atoms with Gasteiger partial charge in [0.25, 0.3) is 0 Å². The van der Waals surface area contributed by atoms with Crippen LogP contribution in [0.1, 0.15) is 18.9 Å². The van der Waals surface area contributed by atoms with Crippen molar-refractivity contribution in [1.29, 1.82) is 0 Å². The molecule has 0 spiro atoms. The van der Waals surface area contributed by atoms with Crippen LogP contribution in [-0.2, 0) is 11.3 Å². The van der Waals surface area contributed by atoms with Gasteiger partial charge in [0.05, 0.1) is 25.9 Å². The third kappa shape index (κ3) is 4.52. The van der Waals surface area contributed by atoms with Gasteiger partial charge in [-0.25, -0.2) is 0 Å². The first-order valence-electron chi connectivity index (χ1n) is 10.3. The van der Waals surface area contributed by atoms with E-state index in [4.69, 9.17) is 25.2 Å². The van der Waals surface area contributed by atoms with E-state index in [9.17, 15) is 5.11 Å². The van der Waals surface area contributed by atoms with Gasteiger partial charge >= 0.3 is 0 Å². The highest BCUT2D eigenvalue weighted by Crippen LogP contribution is 2.34. The van der Waals surface area contributed by atoms with Gasteiger partial charge in [-0.05, 0) is 31.0 Å². The average Bonchev–Trinajstić information content (AvgIpc) is 3.13. The predicted molar refractivity (Wildman–Crippen MR) is 117 cm³/mol. The summed E-state index contributed by atoms with van der Waals surface area (Å²) in [6, 6.07) is 7.86. The third-order valence-electron chi connectivity index (χ3n) is 5.58. The van der Waals surface area contributed by atoms with Gasteiger partial charge in [-0.3, -0.25) is 0 Å². The van der Waals surface area contributed by atoms with Crippen molar-refractivity contribution in [3.8, 4) is 5.75 Å². The van der Waals surface area contributed by atoms with Crippen molar-refractivity contribution in [2.24, 2.45) is 0 Å². The van der Waals surface area contributed by atoms with Crippen molar-refractivity contribution in [3.63, 3.8) is 0 Å². The molecular weight excluding hydrogens is 384 g/mol. The Bertz CT molecular complexity index is 868. The Labute approximate surface area is 176 Å². The Morgan fingerprint density at radius 3 is 2.53 bits per heavy atom. The van der Waals surface area contributed by atoms with Gasteiger partial charge in [-0.1, -0.05) is 12.1 Å². The average molecular weight is 415 g/mol. The van der Waals surface area contributed by atoms with E-state index in [1.54, 1.807) is 7.11 Å². The molecule has 2 saturated heterocycles. The summed E-state index contributed by atoms with van der Waals surface area (Å²) in [5, 5.41) is 13.8. The first-order valence-corrected chi connectivity index (χ1v) is 10.3. The van der Waals surface area contributed by atoms with Gasteiger partial charge in [0.1, 0.15) is 11.4 Å². The number of benzene rings is 1. The second-order valence-electron chi connectivity index (χ2n) is 8.08. The molecule has 0 aliphatic carbocycles. The number of nitrogens with one attached hydrogen (secondary N) is 1. The maximum Gasteiger partial charge on any atom is 0.229 e. The molecule has 0 amide bonds. The number of nitrogen functional groups attached to an aromatic ring is 1. The number of anilines is 4. The van der Waals surface area contributed by atoms with Crippen molar-refractivity contribution in [2.75, 3.05) is 67.4 Å². The molecular formula is C21H30N6O3. The summed E-state index contributed by atoms with van der Waals surface area (Å²) >= 11 is 0. The number of hydrogen-bond donors (Lipinski definition) is 3. The molecule has 1 atom stereocenters. The highest BCUT2D eigenvalue weighted by molar-refractivity contribution is 5.77. The van der Waals surface area contributed by atoms with Crippen molar-refractivity contribution in [1.82, 2.24) is 9.97 Å². The standard InChI is InChI=1S/C21H30N6O3/c1-21(28)7-8-27(14-21)19-17(22)18(23-13-15-3-5-16(29-2)6-4-15)24-20(25-19)26-9-11-30-12-10-26/h3-6,28H,7-14,22H2,1-2H3,(H,23,24,25). The topological polar surface area (TPSA) is 109 Å². The molecule has 0 saturated carbocycles. The van der Waals surface area contributed by atoms with Crippen LogP contribution in [0.4, 0.5) is 23.3 Å². The van der Waals surface area contributed by atoms with Crippen LogP contribution in [0, 0.1) is 0 Å². The Morgan fingerprint density at radius 1 is 1.17 bits per heavy atom. The lowest BCUT2D eigenvalue weighted by molar-refractivity contribution is 0.0839. The number of aromatic nitrogens is 2. The van der Waals surface area contributed by atoms with E-state index >= 15 is 0 Å². The number of methoxy groups -OCH3 is 1. The molecule has 2 aliphatic heterocycles. The number of ether oxygens (including phenoxy) is 2. The molecule has 162 valence electrons. The maximum atomic E-state index is 10.4. The van der Waals surface area contributed by atoms with Crippen LogP contribution in [0.15, 0.2) is 24.3 Å². The molecule has 3 heterocycles. The fraction of sp³-hybridized carbons (Fsp3) is 0.524. The van der Waals surface area contributed by atoms with Gasteiger partial charge in [-0.15, -0.1) is 0 Å². The van der Waals surface area contributed by atoms with E-state index in [1.807, 2.05) is 36.1 Å². The summed E-state index contributed by atoms with van der Waals surface area (Å²) in [4.78, 5) is 13.6. The molecule has 1 aromatic heterocycles. The Morgan fingerprint density at radius 2 is 1.90 bits per heavy atom. The molecule has 1 unspecified atom stereocenters. The number of aliphatic hydroxyl groups is 1. The molecule has 30 heavy (non-hydrogen) atoms. The summed E-state index contributed by atoms with van der Waals surface area (Å²) in [5.74, 6) is 2.72. The first kappa shape index (κ1) is 20.5. The third-order valence-corrected chi connectivity index (χ3v) is 5.58. The van der Waals surface area contributed by atoms with Gasteiger partial charge in [0.2, 0.25) is 5.95 Å². The monoisotopic (exact) mass is 414 g/mol. The minimum absolute atomic E-state index is 0.495. The second-order valence-corrected chi connectivity index (χ2v) is 8.08. The van der Waals surface area contributed by atoms with Crippen LogP contribution in [0.5, 0.6) is 5.75 Å². The zero-order valence-corrected chi connectivity index (χ0v) is 17.6. The van der Waals surface area contributed by atoms with E-state index < -0.39 is 5.60 Å². The van der Waals surface area contributed by atoms with Gasteiger partial charge < -0.3 is 35.4 Å². The van der Waals surface area contributed by atoms with Crippen molar-refractivity contribution >= 4 is 23.3 Å². The maximum absolute atomic E-state index is 10.4. The minimum atomic E-state index is -0.743. The molecule has 4 rings (SSSR count). The summed E-state index contributed by atoms with van der Waals surface area (Å²) < 4.78 is 10.7. The molecule has 0 radical (unpaired) electrons. The number of β-amino-alcohol motifs (C(OH)–C–C–N with tert-alkyl or cyclic N) is 1. The largest absolute Gasteiger partial charge is 0.497 e. The van der Waals surface area contributed by atoms with E-state index in [1.165, 1.54) is 0 Å². The summed E-state index contributed by atoms with van der Waals surface area (Å²) in [6.07, 6.45) is 0.679. The van der Waals surface area contributed by atoms with E-state index in [0.29, 0.717) is 62.5 Å².